The number of nitrogens with zero attached hydrogens (tertiary/aromatic N) is 1. The van der Waals surface area contributed by atoms with Gasteiger partial charge in [-0.05, 0) is 41.8 Å². The summed E-state index contributed by atoms with van der Waals surface area (Å²) in [4.78, 5) is 11.9. The van der Waals surface area contributed by atoms with Crippen LogP contribution in [0.15, 0.2) is 96.1 Å². The first-order valence-electron chi connectivity index (χ1n) is 9.05. The number of hydrogen-bond donors (Lipinski definition) is 1. The molecule has 1 N–H and O–H groups in total. The molecule has 0 atom stereocenters. The Kier molecular flexibility index (Phi) is 6.74. The second-order valence-electron chi connectivity index (χ2n) is 6.21. The summed E-state index contributed by atoms with van der Waals surface area (Å²) in [7, 11) is 0. The molecule has 0 saturated carbocycles. The number of carbonyl (C=O) groups excluding carboxylic acids is 1. The Bertz CT molecular complexity index is 947. The molecule has 4 heteroatoms. The predicted molar refractivity (Wildman–Crippen MR) is 114 cm³/mol. The van der Waals surface area contributed by atoms with E-state index in [-0.39, 0.29) is 12.5 Å². The minimum Gasteiger partial charge on any atom is -0.484 e. The Labute approximate surface area is 165 Å². The Morgan fingerprint density at radius 3 is 2.18 bits per heavy atom. The number of hydrogen-bond acceptors (Lipinski definition) is 3. The normalized spacial score (nSPS) is 11.4. The van der Waals surface area contributed by atoms with Crippen molar-refractivity contribution in [2.24, 2.45) is 5.10 Å². The van der Waals surface area contributed by atoms with Gasteiger partial charge in [0, 0.05) is 0 Å². The maximum atomic E-state index is 11.9. The third kappa shape index (κ3) is 5.95. The van der Waals surface area contributed by atoms with Crippen LogP contribution in [0.2, 0.25) is 0 Å². The highest BCUT2D eigenvalue weighted by Crippen LogP contribution is 2.21. The zero-order valence-corrected chi connectivity index (χ0v) is 15.7. The van der Waals surface area contributed by atoms with Gasteiger partial charge in [-0.3, -0.25) is 4.79 Å². The van der Waals surface area contributed by atoms with Gasteiger partial charge in [0.2, 0.25) is 0 Å². The molecule has 0 fully saturated rings. The van der Waals surface area contributed by atoms with Gasteiger partial charge in [-0.15, -0.1) is 0 Å². The fourth-order valence-corrected chi connectivity index (χ4v) is 2.52. The molecule has 0 aliphatic carbocycles. The van der Waals surface area contributed by atoms with Gasteiger partial charge in [0.15, 0.2) is 6.61 Å². The lowest BCUT2D eigenvalue weighted by Crippen LogP contribution is -2.25. The summed E-state index contributed by atoms with van der Waals surface area (Å²) in [5, 5.41) is 4.06. The summed E-state index contributed by atoms with van der Waals surface area (Å²) in [6.07, 6.45) is 3.79. The van der Waals surface area contributed by atoms with Crippen molar-refractivity contribution in [3.63, 3.8) is 0 Å². The third-order valence-corrected chi connectivity index (χ3v) is 4.00. The lowest BCUT2D eigenvalue weighted by atomic mass is 10.1. The number of rotatable bonds is 7. The van der Waals surface area contributed by atoms with Crippen LogP contribution in [0.25, 0.3) is 17.2 Å². The van der Waals surface area contributed by atoms with E-state index in [4.69, 9.17) is 4.74 Å². The number of allylic oxidation sites excluding steroid dienone is 1. The first kappa shape index (κ1) is 19.1. The van der Waals surface area contributed by atoms with Crippen LogP contribution in [0.1, 0.15) is 12.5 Å². The van der Waals surface area contributed by atoms with E-state index in [1.807, 2.05) is 91.9 Å². The van der Waals surface area contributed by atoms with Gasteiger partial charge in [-0.25, -0.2) is 5.43 Å². The average molecular weight is 370 g/mol. The van der Waals surface area contributed by atoms with Crippen molar-refractivity contribution in [1.29, 1.82) is 0 Å². The van der Waals surface area contributed by atoms with Gasteiger partial charge in [-0.1, -0.05) is 78.9 Å². The molecule has 3 aromatic carbocycles. The van der Waals surface area contributed by atoms with Crippen LogP contribution in [-0.2, 0) is 4.79 Å². The van der Waals surface area contributed by atoms with E-state index in [9.17, 15) is 4.79 Å². The van der Waals surface area contributed by atoms with Gasteiger partial charge < -0.3 is 4.74 Å². The highest BCUT2D eigenvalue weighted by molar-refractivity contribution is 5.97. The molecule has 0 aliphatic rings. The molecule has 0 aliphatic heterocycles. The van der Waals surface area contributed by atoms with Gasteiger partial charge in [-0.2, -0.15) is 5.10 Å². The maximum absolute atomic E-state index is 11.9. The van der Waals surface area contributed by atoms with E-state index >= 15 is 0 Å². The number of carbonyl (C=O) groups is 1. The minimum absolute atomic E-state index is 0.0934. The summed E-state index contributed by atoms with van der Waals surface area (Å²) in [5.41, 5.74) is 6.51. The molecule has 1 amide bonds. The quantitative estimate of drug-likeness (QED) is 0.473. The van der Waals surface area contributed by atoms with Crippen molar-refractivity contribution >= 4 is 17.7 Å². The number of hydrazone groups is 1. The zero-order chi connectivity index (χ0) is 19.6. The summed E-state index contributed by atoms with van der Waals surface area (Å²) in [6.45, 7) is 1.73. The fraction of sp³-hybridized carbons (Fsp3) is 0.0833. The van der Waals surface area contributed by atoms with Crippen molar-refractivity contribution in [2.45, 2.75) is 6.92 Å². The molecule has 0 heterocycles. The van der Waals surface area contributed by atoms with E-state index in [2.05, 4.69) is 22.7 Å². The molecule has 28 heavy (non-hydrogen) atoms. The Balaban J connectivity index is 1.47. The highest BCUT2D eigenvalue weighted by Gasteiger charge is 2.03. The molecule has 3 aromatic rings. The van der Waals surface area contributed by atoms with Gasteiger partial charge in [0.1, 0.15) is 5.75 Å². The van der Waals surface area contributed by atoms with Crippen LogP contribution in [0.5, 0.6) is 5.75 Å². The lowest BCUT2D eigenvalue weighted by Gasteiger charge is -2.07. The average Bonchev–Trinajstić information content (AvgIpc) is 2.76. The van der Waals surface area contributed by atoms with E-state index in [0.29, 0.717) is 11.5 Å². The van der Waals surface area contributed by atoms with Crippen molar-refractivity contribution < 1.29 is 9.53 Å². The fourth-order valence-electron chi connectivity index (χ4n) is 2.52. The number of nitrogens with one attached hydrogen (secondary N) is 1. The van der Waals surface area contributed by atoms with Crippen LogP contribution < -0.4 is 10.2 Å². The Morgan fingerprint density at radius 2 is 1.50 bits per heavy atom. The molecule has 0 radical (unpaired) electrons. The topological polar surface area (TPSA) is 50.7 Å². The Morgan fingerprint density at radius 1 is 0.893 bits per heavy atom. The number of ether oxygens (including phenoxy) is 1. The standard InChI is InChI=1S/C24H22N2O2/c1-19(12-13-20-8-4-2-5-9-20)25-26-24(27)18-28-23-16-14-22(15-17-23)21-10-6-3-7-11-21/h2-17H,18H2,1H3,(H,26,27). The lowest BCUT2D eigenvalue weighted by molar-refractivity contribution is -0.123. The van der Waals surface area contributed by atoms with Crippen LogP contribution in [0, 0.1) is 0 Å². The SMILES string of the molecule is CC(C=Cc1ccccc1)=NNC(=O)COc1ccc(-c2ccccc2)cc1. The van der Waals surface area contributed by atoms with E-state index in [1.165, 1.54) is 0 Å². The smallest absolute Gasteiger partial charge is 0.277 e. The predicted octanol–water partition coefficient (Wildman–Crippen LogP) is 4.94. The van der Waals surface area contributed by atoms with E-state index < -0.39 is 0 Å². The molecule has 3 rings (SSSR count). The first-order valence-corrected chi connectivity index (χ1v) is 9.05. The molecule has 0 bridgehead atoms. The van der Waals surface area contributed by atoms with Gasteiger partial charge in [0.25, 0.3) is 5.91 Å². The molecule has 0 spiro atoms. The van der Waals surface area contributed by atoms with Crippen LogP contribution in [0.3, 0.4) is 0 Å². The summed E-state index contributed by atoms with van der Waals surface area (Å²) in [5.74, 6) is 0.333. The Hall–Kier alpha value is -3.66. The molecule has 4 nitrogen and oxygen atoms in total. The van der Waals surface area contributed by atoms with Crippen molar-refractivity contribution in [1.82, 2.24) is 5.43 Å². The number of benzene rings is 3. The molecular formula is C24H22N2O2. The van der Waals surface area contributed by atoms with Crippen LogP contribution in [0.4, 0.5) is 0 Å². The highest BCUT2D eigenvalue weighted by atomic mass is 16.5. The summed E-state index contributed by atoms with van der Waals surface area (Å²) in [6, 6.07) is 27.6. The number of amides is 1. The van der Waals surface area contributed by atoms with Gasteiger partial charge in [0.05, 0.1) is 5.71 Å². The molecule has 0 saturated heterocycles. The third-order valence-electron chi connectivity index (χ3n) is 4.00. The van der Waals surface area contributed by atoms with Crippen LogP contribution in [-0.4, -0.2) is 18.2 Å². The van der Waals surface area contributed by atoms with Gasteiger partial charge >= 0.3 is 0 Å². The van der Waals surface area contributed by atoms with Crippen LogP contribution >= 0.6 is 0 Å². The largest absolute Gasteiger partial charge is 0.484 e. The second kappa shape index (κ2) is 9.88. The summed E-state index contributed by atoms with van der Waals surface area (Å²) >= 11 is 0. The maximum Gasteiger partial charge on any atom is 0.277 e. The van der Waals surface area contributed by atoms with Crippen molar-refractivity contribution in [3.8, 4) is 16.9 Å². The molecule has 0 unspecified atom stereocenters. The van der Waals surface area contributed by atoms with Crippen molar-refractivity contribution in [2.75, 3.05) is 6.61 Å². The monoisotopic (exact) mass is 370 g/mol. The zero-order valence-electron chi connectivity index (χ0n) is 15.7. The molecule has 140 valence electrons. The second-order valence-corrected chi connectivity index (χ2v) is 6.21. The first-order chi connectivity index (χ1) is 13.7. The van der Waals surface area contributed by atoms with Crippen molar-refractivity contribution in [3.05, 3.63) is 96.6 Å². The molecule has 0 aromatic heterocycles. The van der Waals surface area contributed by atoms with E-state index in [1.54, 1.807) is 0 Å². The molecular weight excluding hydrogens is 348 g/mol. The minimum atomic E-state index is -0.306. The van der Waals surface area contributed by atoms with E-state index in [0.717, 1.165) is 16.7 Å². The summed E-state index contributed by atoms with van der Waals surface area (Å²) < 4.78 is 5.52.